The summed E-state index contributed by atoms with van der Waals surface area (Å²) in [5, 5.41) is 9.97. The number of fused-ring (bicyclic) bond motifs is 18. The first-order chi connectivity index (χ1) is 63.2. The minimum absolute atomic E-state index is 0.215. The van der Waals surface area contributed by atoms with Gasteiger partial charge in [-0.1, -0.05) is 305 Å². The fraction of sp³-hybridized carbons (Fsp3) is 0.0333. The van der Waals surface area contributed by atoms with Crippen LogP contribution in [0.1, 0.15) is 47.2 Å². The molecular formula is C120H80N8. The van der Waals surface area contributed by atoms with Crippen molar-refractivity contribution >= 4 is 87.2 Å². The van der Waals surface area contributed by atoms with Crippen LogP contribution in [-0.2, 0) is 10.8 Å². The molecule has 0 amide bonds. The molecule has 18 aromatic carbocycles. The molecule has 0 fully saturated rings. The lowest BCUT2D eigenvalue weighted by Crippen LogP contribution is -2.28. The van der Waals surface area contributed by atoms with Crippen LogP contribution in [0, 0.1) is 0 Å². The summed E-state index contributed by atoms with van der Waals surface area (Å²) < 4.78 is 9.75. The lowest BCUT2D eigenvalue weighted by molar-refractivity contribution is 0.661. The zero-order chi connectivity index (χ0) is 84.7. The maximum absolute atomic E-state index is 5.16. The van der Waals surface area contributed by atoms with Gasteiger partial charge in [-0.3, -0.25) is 0 Å². The van der Waals surface area contributed by atoms with Crippen LogP contribution in [0.5, 0.6) is 0 Å². The van der Waals surface area contributed by atoms with Gasteiger partial charge in [-0.05, 0) is 213 Å². The van der Waals surface area contributed by atoms with Gasteiger partial charge in [0.15, 0.2) is 11.6 Å². The van der Waals surface area contributed by atoms with Crippen molar-refractivity contribution in [2.45, 2.75) is 24.7 Å². The van der Waals surface area contributed by atoms with E-state index in [1.807, 2.05) is 24.3 Å². The van der Waals surface area contributed by atoms with Crippen molar-refractivity contribution in [3.63, 3.8) is 0 Å². The standard InChI is InChI=1S/C65H42N4.C55H38N4/c1-6-20-43(21-7-1)58-42-59(44-22-8-2-9-23-44)67-64(66-58)45-34-36-49(37-35-45)69-61-33-19-17-31-51(61)55-39-53-52-38-54-50-30-16-18-32-60(50)68(48-28-14-5-15-29-48)62(54)40-56(52)65(57(53)41-63(55)69,46-24-10-3-11-25-46)47-26-12-4-13-27-47;1-55(2)46-32-52-44(40-22-12-14-24-50(40)58(52)38-20-10-5-11-21-38)30-42(46)43-31-45-41-23-13-15-25-51(41)59(53(45)33-47(43)55)39-28-26-37(27-29-39)54-56-48(35-16-6-3-7-17-35)34-49(57-54)36-18-8-4-9-19-36/h1-42H;3-34H,1-2H3. The van der Waals surface area contributed by atoms with Crippen LogP contribution in [-0.4, -0.2) is 38.2 Å². The van der Waals surface area contributed by atoms with Crippen molar-refractivity contribution < 1.29 is 0 Å². The Morgan fingerprint density at radius 3 is 0.688 bits per heavy atom. The Hall–Kier alpha value is -16.7. The van der Waals surface area contributed by atoms with E-state index in [1.165, 1.54) is 138 Å². The van der Waals surface area contributed by atoms with Crippen molar-refractivity contribution in [3.8, 4) is 113 Å². The average Bonchev–Trinajstić information content (AvgIpc) is 1.56. The zero-order valence-electron chi connectivity index (χ0n) is 70.3. The highest BCUT2D eigenvalue weighted by Crippen LogP contribution is 2.60. The summed E-state index contributed by atoms with van der Waals surface area (Å²) in [5.41, 5.74) is 35.9. The van der Waals surface area contributed by atoms with Gasteiger partial charge in [-0.15, -0.1) is 0 Å². The molecule has 0 saturated heterocycles. The van der Waals surface area contributed by atoms with Crippen LogP contribution in [0.2, 0.25) is 0 Å². The Morgan fingerprint density at radius 1 is 0.180 bits per heavy atom. The van der Waals surface area contributed by atoms with E-state index in [1.54, 1.807) is 0 Å². The molecule has 0 unspecified atom stereocenters. The number of hydrogen-bond donors (Lipinski definition) is 0. The number of rotatable bonds is 12. The Kier molecular flexibility index (Phi) is 17.1. The van der Waals surface area contributed by atoms with Crippen LogP contribution in [0.25, 0.3) is 200 Å². The molecule has 0 N–H and O–H groups in total. The highest BCUT2D eigenvalue weighted by molar-refractivity contribution is 6.17. The molecule has 600 valence electrons. The molecule has 2 aliphatic carbocycles. The van der Waals surface area contributed by atoms with Crippen molar-refractivity contribution in [1.82, 2.24) is 38.2 Å². The van der Waals surface area contributed by atoms with Crippen LogP contribution < -0.4 is 0 Å². The predicted molar refractivity (Wildman–Crippen MR) is 529 cm³/mol. The summed E-state index contributed by atoms with van der Waals surface area (Å²) in [7, 11) is 0. The Balaban J connectivity index is 0.000000141. The number of aromatic nitrogens is 8. The number of benzene rings is 18. The number of nitrogens with zero attached hydrogens (tertiary/aromatic N) is 8. The molecule has 6 aromatic heterocycles. The van der Waals surface area contributed by atoms with Gasteiger partial charge in [0.1, 0.15) is 0 Å². The summed E-state index contributed by atoms with van der Waals surface area (Å²) >= 11 is 0. The van der Waals surface area contributed by atoms with E-state index in [0.717, 1.165) is 84.3 Å². The van der Waals surface area contributed by atoms with Crippen LogP contribution >= 0.6 is 0 Å². The lowest BCUT2D eigenvalue weighted by atomic mass is 9.67. The lowest BCUT2D eigenvalue weighted by Gasteiger charge is -2.34. The summed E-state index contributed by atoms with van der Waals surface area (Å²) in [6.45, 7) is 4.78. The molecule has 0 bridgehead atoms. The summed E-state index contributed by atoms with van der Waals surface area (Å²) in [5.74, 6) is 1.40. The minimum atomic E-state index is -0.629. The third-order valence-electron chi connectivity index (χ3n) is 26.9. The first kappa shape index (κ1) is 74.0. The number of hydrogen-bond acceptors (Lipinski definition) is 4. The van der Waals surface area contributed by atoms with E-state index in [-0.39, 0.29) is 5.41 Å². The van der Waals surface area contributed by atoms with E-state index in [0.29, 0.717) is 11.6 Å². The SMILES string of the molecule is CC1(C)c2cc3c(cc2-c2cc4c5ccccc5n(-c5ccc(-c6nc(-c7ccccc7)cc(-c7ccccc7)n6)cc5)c4cc21)c1ccccc1n3-c1ccccc1.c1ccc(-c2cc(-c3ccccc3)nc(-c3ccc(-n4c5ccccc5c5cc6c(cc54)C(c4ccccc4)(c4ccccc4)c4cc5c(cc4-6)c4ccccc4n5-c4ccccc4)cc3)n2)cc1. The van der Waals surface area contributed by atoms with Gasteiger partial charge in [-0.25, -0.2) is 19.9 Å². The molecule has 0 saturated carbocycles. The molecule has 8 heteroatoms. The second-order valence-corrected chi connectivity index (χ2v) is 34.3. The molecule has 8 nitrogen and oxygen atoms in total. The third-order valence-corrected chi connectivity index (χ3v) is 26.9. The van der Waals surface area contributed by atoms with Gasteiger partial charge >= 0.3 is 0 Å². The highest BCUT2D eigenvalue weighted by atomic mass is 15.0. The van der Waals surface area contributed by atoms with E-state index in [9.17, 15) is 0 Å². The molecular weight excluding hydrogens is 1550 g/mol. The summed E-state index contributed by atoms with van der Waals surface area (Å²) in [6, 6.07) is 162. The molecule has 0 atom stereocenters. The summed E-state index contributed by atoms with van der Waals surface area (Å²) in [4.78, 5) is 20.5. The first-order valence-electron chi connectivity index (χ1n) is 44.0. The molecule has 0 spiro atoms. The molecule has 2 aliphatic rings. The fourth-order valence-electron chi connectivity index (χ4n) is 21.0. The predicted octanol–water partition coefficient (Wildman–Crippen LogP) is 30.0. The normalized spacial score (nSPS) is 12.9. The second-order valence-electron chi connectivity index (χ2n) is 34.3. The van der Waals surface area contributed by atoms with Crippen molar-refractivity contribution in [1.29, 1.82) is 0 Å². The van der Waals surface area contributed by atoms with Gasteiger partial charge < -0.3 is 18.3 Å². The molecule has 6 heterocycles. The molecule has 0 aliphatic heterocycles. The van der Waals surface area contributed by atoms with E-state index < -0.39 is 5.41 Å². The minimum Gasteiger partial charge on any atom is -0.309 e. The fourth-order valence-corrected chi connectivity index (χ4v) is 21.0. The maximum atomic E-state index is 5.16. The van der Waals surface area contributed by atoms with E-state index >= 15 is 0 Å². The van der Waals surface area contributed by atoms with Gasteiger partial charge in [0, 0.05) is 105 Å². The van der Waals surface area contributed by atoms with E-state index in [2.05, 4.69) is 457 Å². The molecule has 24 aromatic rings. The third kappa shape index (κ3) is 11.7. The smallest absolute Gasteiger partial charge is 0.160 e. The van der Waals surface area contributed by atoms with Crippen molar-refractivity contribution in [3.05, 3.63) is 482 Å². The second kappa shape index (κ2) is 29.5. The van der Waals surface area contributed by atoms with Gasteiger partial charge in [0.05, 0.1) is 72.3 Å². The summed E-state index contributed by atoms with van der Waals surface area (Å²) in [6.07, 6.45) is 0. The van der Waals surface area contributed by atoms with E-state index in [4.69, 9.17) is 19.9 Å². The largest absolute Gasteiger partial charge is 0.309 e. The molecule has 0 radical (unpaired) electrons. The average molecular weight is 1630 g/mol. The zero-order valence-corrected chi connectivity index (χ0v) is 70.3. The topological polar surface area (TPSA) is 71.3 Å². The van der Waals surface area contributed by atoms with Crippen LogP contribution in [0.15, 0.2) is 449 Å². The van der Waals surface area contributed by atoms with Crippen LogP contribution in [0.4, 0.5) is 0 Å². The van der Waals surface area contributed by atoms with Gasteiger partial charge in [0.25, 0.3) is 0 Å². The molecule has 26 rings (SSSR count). The van der Waals surface area contributed by atoms with Crippen molar-refractivity contribution in [2.75, 3.05) is 0 Å². The maximum Gasteiger partial charge on any atom is 0.160 e. The van der Waals surface area contributed by atoms with Crippen molar-refractivity contribution in [2.24, 2.45) is 0 Å². The Bertz CT molecular complexity index is 8360. The monoisotopic (exact) mass is 1630 g/mol. The van der Waals surface area contributed by atoms with Gasteiger partial charge in [-0.2, -0.15) is 0 Å². The Labute approximate surface area is 740 Å². The molecule has 128 heavy (non-hydrogen) atoms. The van der Waals surface area contributed by atoms with Crippen LogP contribution in [0.3, 0.4) is 0 Å². The Morgan fingerprint density at radius 2 is 0.406 bits per heavy atom. The quantitative estimate of drug-likeness (QED) is 0.122. The highest BCUT2D eigenvalue weighted by Gasteiger charge is 2.48. The number of para-hydroxylation sites is 6. The van der Waals surface area contributed by atoms with Gasteiger partial charge in [0.2, 0.25) is 0 Å². The first-order valence-corrected chi connectivity index (χ1v) is 44.0.